The van der Waals surface area contributed by atoms with Crippen LogP contribution in [0.5, 0.6) is 0 Å². The molecule has 1 aromatic heterocycles. The van der Waals surface area contributed by atoms with Crippen molar-refractivity contribution in [3.05, 3.63) is 23.8 Å². The van der Waals surface area contributed by atoms with E-state index in [4.69, 9.17) is 4.74 Å². The Morgan fingerprint density at radius 2 is 2.04 bits per heavy atom. The molecule has 2 saturated heterocycles. The lowest BCUT2D eigenvalue weighted by atomic mass is 9.87. The largest absolute Gasteiger partial charge is 0.371 e. The van der Waals surface area contributed by atoms with E-state index in [1.54, 1.807) is 19.3 Å². The molecule has 2 aliphatic heterocycles. The first-order valence-corrected chi connectivity index (χ1v) is 8.36. The normalized spacial score (nSPS) is 24.8. The number of hydrogen-bond donors (Lipinski definition) is 0. The molecule has 0 aliphatic carbocycles. The van der Waals surface area contributed by atoms with Crippen LogP contribution in [0.1, 0.15) is 36.5 Å². The molecule has 1 atom stereocenters. The molecular formula is C17H24N4O3. The standard InChI is InChI=1S/C17H24N4O3/c1-12(2)21-10-17(11-24-8-14(21)22)4-7-20(9-17)16(23)15-13(3)18-5-6-19-15/h5-6,12H,4,7-11H2,1-3H3. The highest BCUT2D eigenvalue weighted by molar-refractivity contribution is 5.93. The van der Waals surface area contributed by atoms with Gasteiger partial charge in [0.2, 0.25) is 5.91 Å². The molecule has 0 radical (unpaired) electrons. The molecule has 2 aliphatic rings. The first kappa shape index (κ1) is 16.8. The number of carbonyl (C=O) groups excluding carboxylic acids is 2. The average molecular weight is 332 g/mol. The molecule has 0 bridgehead atoms. The number of carbonyl (C=O) groups is 2. The summed E-state index contributed by atoms with van der Waals surface area (Å²) < 4.78 is 5.63. The lowest BCUT2D eigenvalue weighted by molar-refractivity contribution is -0.135. The van der Waals surface area contributed by atoms with Gasteiger partial charge >= 0.3 is 0 Å². The van der Waals surface area contributed by atoms with Crippen LogP contribution in [0.25, 0.3) is 0 Å². The van der Waals surface area contributed by atoms with Gasteiger partial charge in [0.15, 0.2) is 0 Å². The maximum atomic E-state index is 12.8. The van der Waals surface area contributed by atoms with Crippen LogP contribution < -0.4 is 0 Å². The predicted molar refractivity (Wildman–Crippen MR) is 87.4 cm³/mol. The van der Waals surface area contributed by atoms with Crippen LogP contribution in [0.15, 0.2) is 12.4 Å². The zero-order valence-corrected chi connectivity index (χ0v) is 14.5. The molecule has 130 valence electrons. The topological polar surface area (TPSA) is 75.6 Å². The third-order valence-electron chi connectivity index (χ3n) is 4.89. The van der Waals surface area contributed by atoms with E-state index < -0.39 is 0 Å². The average Bonchev–Trinajstić information content (AvgIpc) is 2.88. The highest BCUT2D eigenvalue weighted by Crippen LogP contribution is 2.34. The van der Waals surface area contributed by atoms with Crippen molar-refractivity contribution in [3.8, 4) is 0 Å². The van der Waals surface area contributed by atoms with E-state index in [0.717, 1.165) is 6.42 Å². The van der Waals surface area contributed by atoms with E-state index in [9.17, 15) is 9.59 Å². The molecule has 7 nitrogen and oxygen atoms in total. The number of likely N-dealkylation sites (tertiary alicyclic amines) is 1. The van der Waals surface area contributed by atoms with Crippen molar-refractivity contribution in [2.45, 2.75) is 33.2 Å². The van der Waals surface area contributed by atoms with Crippen LogP contribution in [-0.4, -0.2) is 70.5 Å². The molecule has 2 amide bonds. The Hall–Kier alpha value is -2.02. The second kappa shape index (κ2) is 6.47. The van der Waals surface area contributed by atoms with Crippen LogP contribution in [0, 0.1) is 12.3 Å². The van der Waals surface area contributed by atoms with Gasteiger partial charge in [0.1, 0.15) is 12.3 Å². The lowest BCUT2D eigenvalue weighted by Gasteiger charge is -2.34. The zero-order chi connectivity index (χ0) is 17.3. The fraction of sp³-hybridized carbons (Fsp3) is 0.647. The van der Waals surface area contributed by atoms with Gasteiger partial charge < -0.3 is 14.5 Å². The molecule has 3 rings (SSSR count). The SMILES string of the molecule is Cc1nccnc1C(=O)N1CCC2(COCC(=O)N(C(C)C)C2)C1. The molecule has 7 heteroatoms. The number of aryl methyl sites for hydroxylation is 1. The summed E-state index contributed by atoms with van der Waals surface area (Å²) in [6.45, 7) is 8.31. The molecule has 2 fully saturated rings. The second-order valence-electron chi connectivity index (χ2n) is 7.08. The summed E-state index contributed by atoms with van der Waals surface area (Å²) in [4.78, 5) is 37.0. The first-order chi connectivity index (χ1) is 11.4. The van der Waals surface area contributed by atoms with Gasteiger partial charge in [-0.25, -0.2) is 4.98 Å². The fourth-order valence-corrected chi connectivity index (χ4v) is 3.53. The Bertz CT molecular complexity index is 648. The van der Waals surface area contributed by atoms with E-state index >= 15 is 0 Å². The number of aromatic nitrogens is 2. The minimum Gasteiger partial charge on any atom is -0.371 e. The quantitative estimate of drug-likeness (QED) is 0.804. The smallest absolute Gasteiger partial charge is 0.274 e. The third-order valence-corrected chi connectivity index (χ3v) is 4.89. The van der Waals surface area contributed by atoms with Gasteiger partial charge in [-0.05, 0) is 27.2 Å². The number of ether oxygens (including phenoxy) is 1. The van der Waals surface area contributed by atoms with Crippen LogP contribution in [-0.2, 0) is 9.53 Å². The van der Waals surface area contributed by atoms with Crippen molar-refractivity contribution >= 4 is 11.8 Å². The van der Waals surface area contributed by atoms with E-state index in [-0.39, 0.29) is 29.9 Å². The maximum Gasteiger partial charge on any atom is 0.274 e. The Balaban J connectivity index is 1.77. The van der Waals surface area contributed by atoms with Crippen molar-refractivity contribution in [2.24, 2.45) is 5.41 Å². The summed E-state index contributed by atoms with van der Waals surface area (Å²) in [5, 5.41) is 0. The molecule has 0 N–H and O–H groups in total. The minimum atomic E-state index is -0.192. The van der Waals surface area contributed by atoms with Gasteiger partial charge in [-0.3, -0.25) is 14.6 Å². The van der Waals surface area contributed by atoms with Crippen LogP contribution >= 0.6 is 0 Å². The molecule has 0 aromatic carbocycles. The third kappa shape index (κ3) is 3.13. The molecule has 1 aromatic rings. The highest BCUT2D eigenvalue weighted by atomic mass is 16.5. The van der Waals surface area contributed by atoms with Crippen molar-refractivity contribution < 1.29 is 14.3 Å². The minimum absolute atomic E-state index is 0.0245. The van der Waals surface area contributed by atoms with Gasteiger partial charge in [-0.2, -0.15) is 0 Å². The molecule has 0 saturated carbocycles. The van der Waals surface area contributed by atoms with Crippen LogP contribution in [0.3, 0.4) is 0 Å². The van der Waals surface area contributed by atoms with E-state index in [2.05, 4.69) is 9.97 Å². The molecule has 3 heterocycles. The Labute approximate surface area is 142 Å². The van der Waals surface area contributed by atoms with Gasteiger partial charge in [0, 0.05) is 43.5 Å². The summed E-state index contributed by atoms with van der Waals surface area (Å²) in [7, 11) is 0. The first-order valence-electron chi connectivity index (χ1n) is 8.36. The predicted octanol–water partition coefficient (Wildman–Crippen LogP) is 0.885. The van der Waals surface area contributed by atoms with Gasteiger partial charge in [-0.1, -0.05) is 0 Å². The molecule has 1 unspecified atom stereocenters. The second-order valence-corrected chi connectivity index (χ2v) is 7.08. The number of amides is 2. The van der Waals surface area contributed by atoms with Crippen molar-refractivity contribution in [2.75, 3.05) is 32.8 Å². The fourth-order valence-electron chi connectivity index (χ4n) is 3.53. The number of hydrogen-bond acceptors (Lipinski definition) is 5. The molecule has 1 spiro atoms. The van der Waals surface area contributed by atoms with Crippen molar-refractivity contribution in [3.63, 3.8) is 0 Å². The highest BCUT2D eigenvalue weighted by Gasteiger charge is 2.45. The summed E-state index contributed by atoms with van der Waals surface area (Å²) in [6, 6.07) is 0.128. The summed E-state index contributed by atoms with van der Waals surface area (Å²) in [5.41, 5.74) is 0.850. The summed E-state index contributed by atoms with van der Waals surface area (Å²) >= 11 is 0. The number of rotatable bonds is 2. The van der Waals surface area contributed by atoms with Crippen molar-refractivity contribution in [1.29, 1.82) is 0 Å². The Morgan fingerprint density at radius 3 is 2.75 bits per heavy atom. The zero-order valence-electron chi connectivity index (χ0n) is 14.5. The van der Waals surface area contributed by atoms with Crippen molar-refractivity contribution in [1.82, 2.24) is 19.8 Å². The Morgan fingerprint density at radius 1 is 1.29 bits per heavy atom. The monoisotopic (exact) mass is 332 g/mol. The number of nitrogens with zero attached hydrogens (tertiary/aromatic N) is 4. The Kier molecular flexibility index (Phi) is 4.54. The van der Waals surface area contributed by atoms with Gasteiger partial charge in [0.25, 0.3) is 5.91 Å². The maximum absolute atomic E-state index is 12.8. The molecular weight excluding hydrogens is 308 g/mol. The lowest BCUT2D eigenvalue weighted by Crippen LogP contribution is -2.46. The molecule has 24 heavy (non-hydrogen) atoms. The summed E-state index contributed by atoms with van der Waals surface area (Å²) in [5.74, 6) is -0.0689. The van der Waals surface area contributed by atoms with E-state index in [1.165, 1.54) is 0 Å². The van der Waals surface area contributed by atoms with Gasteiger partial charge in [-0.15, -0.1) is 0 Å². The summed E-state index contributed by atoms with van der Waals surface area (Å²) in [6.07, 6.45) is 3.96. The van der Waals surface area contributed by atoms with Crippen LogP contribution in [0.4, 0.5) is 0 Å². The van der Waals surface area contributed by atoms with Gasteiger partial charge in [0.05, 0.1) is 12.3 Å². The van der Waals surface area contributed by atoms with E-state index in [0.29, 0.717) is 37.6 Å². The van der Waals surface area contributed by atoms with Crippen LogP contribution in [0.2, 0.25) is 0 Å². The van der Waals surface area contributed by atoms with E-state index in [1.807, 2.05) is 23.6 Å².